The summed E-state index contributed by atoms with van der Waals surface area (Å²) in [6, 6.07) is 12.4. The Morgan fingerprint density at radius 2 is 1.67 bits per heavy atom. The molecule has 0 aliphatic rings. The zero-order valence-electron chi connectivity index (χ0n) is 11.7. The predicted molar refractivity (Wildman–Crippen MR) is 82.6 cm³/mol. The molecule has 0 atom stereocenters. The lowest BCUT2D eigenvalue weighted by Crippen LogP contribution is -1.86. The minimum Gasteiger partial charge on any atom is -0.256 e. The Bertz CT molecular complexity index is 745. The molecule has 1 nitrogen and oxygen atoms in total. The quantitative estimate of drug-likeness (QED) is 0.502. The number of pyridine rings is 1. The van der Waals surface area contributed by atoms with Gasteiger partial charge < -0.3 is 0 Å². The van der Waals surface area contributed by atoms with Crippen molar-refractivity contribution in [2.45, 2.75) is 13.8 Å². The van der Waals surface area contributed by atoms with Crippen LogP contribution in [0.5, 0.6) is 0 Å². The van der Waals surface area contributed by atoms with E-state index in [1.807, 2.05) is 18.3 Å². The number of hydrogen-bond acceptors (Lipinski definition) is 1. The van der Waals surface area contributed by atoms with Crippen molar-refractivity contribution < 1.29 is 8.78 Å². The fourth-order valence-electron chi connectivity index (χ4n) is 1.82. The van der Waals surface area contributed by atoms with E-state index < -0.39 is 11.6 Å². The standard InChI is InChI=1S/C10H9N.C7H5ClF2/c1-8-4-5-10-9(7-8)3-2-6-11-10;1-4-5(9)2-3-6(10)7(4)8/h2-7H,1H3;2-3H,1H3. The third-order valence-corrected chi connectivity index (χ3v) is 3.50. The largest absolute Gasteiger partial charge is 0.256 e. The molecule has 3 aromatic rings. The molecular formula is C17H14ClF2N. The van der Waals surface area contributed by atoms with Crippen molar-refractivity contribution in [1.82, 2.24) is 4.98 Å². The lowest BCUT2D eigenvalue weighted by atomic mass is 10.1. The average molecular weight is 306 g/mol. The first kappa shape index (κ1) is 15.4. The Kier molecular flexibility index (Phi) is 4.86. The third-order valence-electron chi connectivity index (χ3n) is 3.03. The van der Waals surface area contributed by atoms with Crippen LogP contribution in [0.3, 0.4) is 0 Å². The zero-order valence-corrected chi connectivity index (χ0v) is 12.5. The Morgan fingerprint density at radius 1 is 0.952 bits per heavy atom. The average Bonchev–Trinajstić information content (AvgIpc) is 2.49. The van der Waals surface area contributed by atoms with Gasteiger partial charge in [-0.3, -0.25) is 4.98 Å². The second kappa shape index (κ2) is 6.64. The first-order valence-corrected chi connectivity index (χ1v) is 6.78. The molecule has 1 aromatic heterocycles. The van der Waals surface area contributed by atoms with Gasteiger partial charge in [0.25, 0.3) is 0 Å². The molecule has 0 saturated heterocycles. The maximum Gasteiger partial charge on any atom is 0.142 e. The topological polar surface area (TPSA) is 12.9 Å². The van der Waals surface area contributed by atoms with Crippen LogP contribution in [0, 0.1) is 25.5 Å². The van der Waals surface area contributed by atoms with E-state index in [9.17, 15) is 8.78 Å². The van der Waals surface area contributed by atoms with Crippen LogP contribution < -0.4 is 0 Å². The molecule has 0 aliphatic heterocycles. The van der Waals surface area contributed by atoms with Crippen molar-refractivity contribution in [2.75, 3.05) is 0 Å². The van der Waals surface area contributed by atoms with Crippen LogP contribution in [0.1, 0.15) is 11.1 Å². The number of halogens is 3. The van der Waals surface area contributed by atoms with Crippen molar-refractivity contribution in [2.24, 2.45) is 0 Å². The number of rotatable bonds is 0. The van der Waals surface area contributed by atoms with Gasteiger partial charge in [0.15, 0.2) is 0 Å². The minimum absolute atomic E-state index is 0.139. The summed E-state index contributed by atoms with van der Waals surface area (Å²) in [5, 5.41) is 1.08. The minimum atomic E-state index is -0.583. The van der Waals surface area contributed by atoms with E-state index in [-0.39, 0.29) is 10.6 Å². The van der Waals surface area contributed by atoms with Gasteiger partial charge >= 0.3 is 0 Å². The van der Waals surface area contributed by atoms with Crippen LogP contribution >= 0.6 is 11.6 Å². The molecule has 0 saturated carbocycles. The highest BCUT2D eigenvalue weighted by Gasteiger charge is 2.05. The van der Waals surface area contributed by atoms with E-state index >= 15 is 0 Å². The van der Waals surface area contributed by atoms with Gasteiger partial charge in [0.1, 0.15) is 11.6 Å². The monoisotopic (exact) mass is 305 g/mol. The summed E-state index contributed by atoms with van der Waals surface area (Å²) in [5.74, 6) is -1.06. The number of aromatic nitrogens is 1. The highest BCUT2D eigenvalue weighted by Crippen LogP contribution is 2.21. The summed E-state index contributed by atoms with van der Waals surface area (Å²) in [6.07, 6.45) is 1.82. The van der Waals surface area contributed by atoms with Crippen LogP contribution in [0.2, 0.25) is 5.02 Å². The molecular weight excluding hydrogens is 292 g/mol. The molecule has 0 spiro atoms. The van der Waals surface area contributed by atoms with E-state index in [1.165, 1.54) is 17.9 Å². The molecule has 108 valence electrons. The summed E-state index contributed by atoms with van der Waals surface area (Å²) in [6.45, 7) is 3.52. The lowest BCUT2D eigenvalue weighted by Gasteiger charge is -1.98. The summed E-state index contributed by atoms with van der Waals surface area (Å²) < 4.78 is 25.0. The molecule has 0 unspecified atom stereocenters. The van der Waals surface area contributed by atoms with Crippen LogP contribution in [-0.2, 0) is 0 Å². The van der Waals surface area contributed by atoms with Gasteiger partial charge in [-0.15, -0.1) is 0 Å². The molecule has 1 heterocycles. The molecule has 0 aliphatic carbocycles. The highest BCUT2D eigenvalue weighted by molar-refractivity contribution is 6.31. The SMILES string of the molecule is Cc1c(F)ccc(F)c1Cl.Cc1ccc2ncccc2c1. The van der Waals surface area contributed by atoms with E-state index in [0.717, 1.165) is 17.6 Å². The fourth-order valence-corrected chi connectivity index (χ4v) is 1.98. The van der Waals surface area contributed by atoms with Crippen molar-refractivity contribution in [3.05, 3.63) is 76.4 Å². The predicted octanol–water partition coefficient (Wildman–Crippen LogP) is 5.47. The van der Waals surface area contributed by atoms with Crippen LogP contribution in [-0.4, -0.2) is 4.98 Å². The number of hydrogen-bond donors (Lipinski definition) is 0. The molecule has 4 heteroatoms. The number of benzene rings is 2. The zero-order chi connectivity index (χ0) is 15.4. The second-order valence-corrected chi connectivity index (χ2v) is 5.05. The van der Waals surface area contributed by atoms with Gasteiger partial charge in [-0.1, -0.05) is 29.3 Å². The summed E-state index contributed by atoms with van der Waals surface area (Å²) in [5.41, 5.74) is 2.50. The van der Waals surface area contributed by atoms with Gasteiger partial charge in [-0.05, 0) is 44.2 Å². The third kappa shape index (κ3) is 3.76. The van der Waals surface area contributed by atoms with Crippen molar-refractivity contribution in [3.63, 3.8) is 0 Å². The first-order valence-electron chi connectivity index (χ1n) is 6.40. The Hall–Kier alpha value is -2.00. The molecule has 0 amide bonds. The van der Waals surface area contributed by atoms with Gasteiger partial charge in [-0.25, -0.2) is 8.78 Å². The number of aryl methyl sites for hydroxylation is 1. The van der Waals surface area contributed by atoms with Crippen LogP contribution in [0.4, 0.5) is 8.78 Å². The second-order valence-electron chi connectivity index (χ2n) is 4.67. The van der Waals surface area contributed by atoms with Crippen molar-refractivity contribution in [1.29, 1.82) is 0 Å². The van der Waals surface area contributed by atoms with Crippen LogP contribution in [0.15, 0.2) is 48.7 Å². The van der Waals surface area contributed by atoms with E-state index in [2.05, 4.69) is 30.1 Å². The lowest BCUT2D eigenvalue weighted by molar-refractivity contribution is 0.593. The van der Waals surface area contributed by atoms with Gasteiger partial charge in [0.05, 0.1) is 10.5 Å². The molecule has 3 rings (SSSR count). The summed E-state index contributed by atoms with van der Waals surface area (Å²) >= 11 is 5.37. The van der Waals surface area contributed by atoms with Gasteiger partial charge in [0, 0.05) is 17.1 Å². The highest BCUT2D eigenvalue weighted by atomic mass is 35.5. The molecule has 21 heavy (non-hydrogen) atoms. The number of fused-ring (bicyclic) bond motifs is 1. The first-order chi connectivity index (χ1) is 9.99. The molecule has 0 bridgehead atoms. The molecule has 2 aromatic carbocycles. The van der Waals surface area contributed by atoms with Crippen LogP contribution in [0.25, 0.3) is 10.9 Å². The Labute approximate surface area is 127 Å². The maximum atomic E-state index is 12.5. The van der Waals surface area contributed by atoms with Gasteiger partial charge in [0.2, 0.25) is 0 Å². The summed E-state index contributed by atoms with van der Waals surface area (Å²) in [7, 11) is 0. The Balaban J connectivity index is 0.000000155. The van der Waals surface area contributed by atoms with Crippen molar-refractivity contribution >= 4 is 22.5 Å². The smallest absolute Gasteiger partial charge is 0.142 e. The molecule has 0 fully saturated rings. The van der Waals surface area contributed by atoms with Gasteiger partial charge in [-0.2, -0.15) is 0 Å². The number of nitrogens with zero attached hydrogens (tertiary/aromatic N) is 1. The van der Waals surface area contributed by atoms with E-state index in [4.69, 9.17) is 11.6 Å². The fraction of sp³-hybridized carbons (Fsp3) is 0.118. The van der Waals surface area contributed by atoms with E-state index in [0.29, 0.717) is 0 Å². The molecule has 0 radical (unpaired) electrons. The summed E-state index contributed by atoms with van der Waals surface area (Å²) in [4.78, 5) is 4.22. The normalized spacial score (nSPS) is 10.1. The Morgan fingerprint density at radius 3 is 2.38 bits per heavy atom. The molecule has 0 N–H and O–H groups in total. The maximum absolute atomic E-state index is 12.5. The van der Waals surface area contributed by atoms with Crippen molar-refractivity contribution in [3.8, 4) is 0 Å². The van der Waals surface area contributed by atoms with E-state index in [1.54, 1.807) is 0 Å².